The van der Waals surface area contributed by atoms with E-state index in [1.807, 2.05) is 6.92 Å². The number of rotatable bonds is 5. The average Bonchev–Trinajstić information content (AvgIpc) is 3.05. The van der Waals surface area contributed by atoms with Gasteiger partial charge in [0.05, 0.1) is 24.4 Å². The van der Waals surface area contributed by atoms with Gasteiger partial charge >= 0.3 is 0 Å². The standard InChI is InChI=1S/C28H50O5/c1-15(2)16(3)7-8-17(4)20-9-10-21-19-12-24(32)28(33)13-18(29)11-23(31)27(28,6)25(19)22(30)14-26(20,21)5/h15-25,29-33H,7-14H2,1-6H3. The second-order valence-electron chi connectivity index (χ2n) is 13.6. The molecule has 5 N–H and O–H groups in total. The zero-order valence-corrected chi connectivity index (χ0v) is 21.7. The van der Waals surface area contributed by atoms with Crippen molar-refractivity contribution >= 4 is 0 Å². The Bertz CT molecular complexity index is 712. The molecule has 0 saturated heterocycles. The Morgan fingerprint density at radius 2 is 1.52 bits per heavy atom. The van der Waals surface area contributed by atoms with E-state index in [0.717, 1.165) is 12.8 Å². The van der Waals surface area contributed by atoms with E-state index in [1.54, 1.807) is 0 Å². The summed E-state index contributed by atoms with van der Waals surface area (Å²) in [7, 11) is 0. The van der Waals surface area contributed by atoms with Crippen molar-refractivity contribution in [1.29, 1.82) is 0 Å². The molecular formula is C28H50O5. The molecule has 5 nitrogen and oxygen atoms in total. The van der Waals surface area contributed by atoms with Crippen LogP contribution in [-0.4, -0.2) is 55.5 Å². The lowest BCUT2D eigenvalue weighted by Gasteiger charge is -2.67. The van der Waals surface area contributed by atoms with Gasteiger partial charge in [-0.05, 0) is 78.9 Å². The van der Waals surface area contributed by atoms with Gasteiger partial charge in [-0.2, -0.15) is 0 Å². The van der Waals surface area contributed by atoms with E-state index in [0.29, 0.717) is 42.4 Å². The van der Waals surface area contributed by atoms with Gasteiger partial charge in [-0.1, -0.05) is 54.4 Å². The first kappa shape index (κ1) is 25.9. The molecule has 5 heteroatoms. The maximum atomic E-state index is 11.6. The summed E-state index contributed by atoms with van der Waals surface area (Å²) in [6, 6.07) is 0. The van der Waals surface area contributed by atoms with Crippen molar-refractivity contribution in [3.63, 3.8) is 0 Å². The van der Waals surface area contributed by atoms with Gasteiger partial charge in [0.15, 0.2) is 0 Å². The number of fused-ring (bicyclic) bond motifs is 5. The van der Waals surface area contributed by atoms with Gasteiger partial charge in [-0.25, -0.2) is 0 Å². The van der Waals surface area contributed by atoms with Crippen molar-refractivity contribution in [2.24, 2.45) is 52.3 Å². The quantitative estimate of drug-likeness (QED) is 0.425. The lowest BCUT2D eigenvalue weighted by molar-refractivity contribution is -0.310. The third-order valence-corrected chi connectivity index (χ3v) is 11.8. The minimum Gasteiger partial charge on any atom is -0.393 e. The van der Waals surface area contributed by atoms with Crippen LogP contribution in [0.5, 0.6) is 0 Å². The zero-order valence-electron chi connectivity index (χ0n) is 21.7. The molecule has 192 valence electrons. The molecule has 0 aliphatic heterocycles. The Morgan fingerprint density at radius 1 is 0.848 bits per heavy atom. The molecule has 0 spiro atoms. The van der Waals surface area contributed by atoms with Crippen LogP contribution < -0.4 is 0 Å². The highest BCUT2D eigenvalue weighted by Gasteiger charge is 2.72. The molecule has 0 aromatic heterocycles. The van der Waals surface area contributed by atoms with Crippen molar-refractivity contribution < 1.29 is 25.5 Å². The molecule has 0 radical (unpaired) electrons. The molecule has 4 aliphatic rings. The summed E-state index contributed by atoms with van der Waals surface area (Å²) in [5, 5.41) is 55.9. The normalized spacial score (nSPS) is 53.8. The molecule has 4 fully saturated rings. The molecule has 33 heavy (non-hydrogen) atoms. The van der Waals surface area contributed by atoms with E-state index in [-0.39, 0.29) is 30.1 Å². The number of aliphatic hydroxyl groups excluding tert-OH is 4. The Hall–Kier alpha value is -0.200. The van der Waals surface area contributed by atoms with Crippen LogP contribution in [0.15, 0.2) is 0 Å². The van der Waals surface area contributed by atoms with Crippen molar-refractivity contribution in [1.82, 2.24) is 0 Å². The van der Waals surface area contributed by atoms with Gasteiger partial charge in [-0.15, -0.1) is 0 Å². The van der Waals surface area contributed by atoms with Crippen LogP contribution in [0.1, 0.15) is 92.9 Å². The van der Waals surface area contributed by atoms with E-state index in [4.69, 9.17) is 0 Å². The molecule has 4 saturated carbocycles. The lowest BCUT2D eigenvalue weighted by Crippen LogP contribution is -2.74. The van der Waals surface area contributed by atoms with E-state index in [2.05, 4.69) is 34.6 Å². The maximum Gasteiger partial charge on any atom is 0.101 e. The highest BCUT2D eigenvalue weighted by Crippen LogP contribution is 2.69. The molecule has 4 aliphatic carbocycles. The van der Waals surface area contributed by atoms with Gasteiger partial charge in [0.25, 0.3) is 0 Å². The summed E-state index contributed by atoms with van der Waals surface area (Å²) < 4.78 is 0. The fourth-order valence-electron chi connectivity index (χ4n) is 9.47. The molecular weight excluding hydrogens is 416 g/mol. The second-order valence-corrected chi connectivity index (χ2v) is 13.6. The van der Waals surface area contributed by atoms with E-state index >= 15 is 0 Å². The Morgan fingerprint density at radius 3 is 2.15 bits per heavy atom. The fourth-order valence-corrected chi connectivity index (χ4v) is 9.47. The van der Waals surface area contributed by atoms with Crippen LogP contribution in [0.2, 0.25) is 0 Å². The van der Waals surface area contributed by atoms with Gasteiger partial charge in [-0.3, -0.25) is 0 Å². The van der Waals surface area contributed by atoms with Gasteiger partial charge in [0, 0.05) is 11.8 Å². The van der Waals surface area contributed by atoms with Crippen LogP contribution in [0.25, 0.3) is 0 Å². The summed E-state index contributed by atoms with van der Waals surface area (Å²) in [6.07, 6.45) is 2.72. The SMILES string of the molecule is CC(C)C(C)CCC(C)C1CCC2C3CC(O)C4(O)CC(O)CC(O)C4(C)C3C(O)CC12C. The highest BCUT2D eigenvalue weighted by atomic mass is 16.4. The van der Waals surface area contributed by atoms with Crippen LogP contribution in [0, 0.1) is 52.3 Å². The Labute approximate surface area is 201 Å². The Balaban J connectivity index is 1.60. The number of hydrogen-bond acceptors (Lipinski definition) is 5. The number of aliphatic hydroxyl groups is 5. The summed E-state index contributed by atoms with van der Waals surface area (Å²) in [5.41, 5.74) is -2.57. The highest BCUT2D eigenvalue weighted by molar-refractivity contribution is 5.21. The third kappa shape index (κ3) is 3.75. The summed E-state index contributed by atoms with van der Waals surface area (Å²) in [4.78, 5) is 0. The lowest BCUT2D eigenvalue weighted by atomic mass is 9.41. The topological polar surface area (TPSA) is 101 Å². The number of hydrogen-bond donors (Lipinski definition) is 5. The first-order chi connectivity index (χ1) is 15.3. The largest absolute Gasteiger partial charge is 0.393 e. The van der Waals surface area contributed by atoms with Gasteiger partial charge in [0.1, 0.15) is 5.60 Å². The molecule has 0 aromatic carbocycles. The molecule has 13 atom stereocenters. The van der Waals surface area contributed by atoms with E-state index < -0.39 is 35.4 Å². The maximum absolute atomic E-state index is 11.6. The minimum absolute atomic E-state index is 0.0196. The smallest absolute Gasteiger partial charge is 0.101 e. The predicted molar refractivity (Wildman–Crippen MR) is 129 cm³/mol. The van der Waals surface area contributed by atoms with E-state index in [1.165, 1.54) is 12.8 Å². The monoisotopic (exact) mass is 466 g/mol. The Kier molecular flexibility index (Phi) is 6.84. The van der Waals surface area contributed by atoms with Crippen LogP contribution in [0.3, 0.4) is 0 Å². The van der Waals surface area contributed by atoms with Crippen LogP contribution in [-0.2, 0) is 0 Å². The van der Waals surface area contributed by atoms with Crippen molar-refractivity contribution in [2.75, 3.05) is 0 Å². The van der Waals surface area contributed by atoms with Gasteiger partial charge in [0.2, 0.25) is 0 Å². The second kappa shape index (κ2) is 8.73. The molecule has 0 heterocycles. The molecule has 0 amide bonds. The first-order valence-corrected chi connectivity index (χ1v) is 13.7. The summed E-state index contributed by atoms with van der Waals surface area (Å²) in [6.45, 7) is 13.6. The summed E-state index contributed by atoms with van der Waals surface area (Å²) >= 11 is 0. The van der Waals surface area contributed by atoms with Crippen LogP contribution in [0.4, 0.5) is 0 Å². The molecule has 0 aromatic rings. The van der Waals surface area contributed by atoms with Crippen molar-refractivity contribution in [3.05, 3.63) is 0 Å². The average molecular weight is 467 g/mol. The first-order valence-electron chi connectivity index (χ1n) is 13.7. The van der Waals surface area contributed by atoms with Gasteiger partial charge < -0.3 is 25.5 Å². The van der Waals surface area contributed by atoms with Crippen molar-refractivity contribution in [2.45, 2.75) is 123 Å². The van der Waals surface area contributed by atoms with E-state index in [9.17, 15) is 25.5 Å². The fraction of sp³-hybridized carbons (Fsp3) is 1.00. The van der Waals surface area contributed by atoms with Crippen LogP contribution >= 0.6 is 0 Å². The zero-order chi connectivity index (χ0) is 24.5. The minimum atomic E-state index is -1.57. The molecule has 13 unspecified atom stereocenters. The van der Waals surface area contributed by atoms with Crippen molar-refractivity contribution in [3.8, 4) is 0 Å². The molecule has 0 bridgehead atoms. The third-order valence-electron chi connectivity index (χ3n) is 11.8. The predicted octanol–water partition coefficient (Wildman–Crippen LogP) is 3.74. The summed E-state index contributed by atoms with van der Waals surface area (Å²) in [5.74, 6) is 2.77. The molecule has 4 rings (SSSR count).